The van der Waals surface area contributed by atoms with Gasteiger partial charge in [-0.3, -0.25) is 14.4 Å². The van der Waals surface area contributed by atoms with Gasteiger partial charge >= 0.3 is 12.1 Å². The lowest BCUT2D eigenvalue weighted by molar-refractivity contribution is -0.155. The summed E-state index contributed by atoms with van der Waals surface area (Å²) in [4.78, 5) is 64.1. The Bertz CT molecular complexity index is 1410. The fourth-order valence-corrected chi connectivity index (χ4v) is 4.48. The van der Waals surface area contributed by atoms with Crippen LogP contribution in [0.2, 0.25) is 0 Å². The Kier molecular flexibility index (Phi) is 10.1. The number of carbonyl (C=O) groups is 4. The van der Waals surface area contributed by atoms with Crippen molar-refractivity contribution in [2.45, 2.75) is 52.2 Å². The molecule has 228 valence electrons. The van der Waals surface area contributed by atoms with Gasteiger partial charge in [-0.2, -0.15) is 5.10 Å². The molecule has 43 heavy (non-hydrogen) atoms. The van der Waals surface area contributed by atoms with Gasteiger partial charge in [0.15, 0.2) is 11.6 Å². The van der Waals surface area contributed by atoms with Crippen LogP contribution >= 0.6 is 0 Å². The molecular weight excluding hydrogens is 554 g/mol. The zero-order valence-corrected chi connectivity index (χ0v) is 24.9. The third-order valence-corrected chi connectivity index (χ3v) is 6.49. The highest BCUT2D eigenvalue weighted by Crippen LogP contribution is 2.18. The topological polar surface area (TPSA) is 149 Å². The number of ether oxygens (including phenoxy) is 2. The second-order valence-electron chi connectivity index (χ2n) is 10.9. The summed E-state index contributed by atoms with van der Waals surface area (Å²) < 4.78 is 12.0. The van der Waals surface area contributed by atoms with Gasteiger partial charge in [-0.15, -0.1) is 0 Å². The summed E-state index contributed by atoms with van der Waals surface area (Å²) in [5, 5.41) is 7.02. The van der Waals surface area contributed by atoms with Crippen molar-refractivity contribution in [1.29, 1.82) is 0 Å². The van der Waals surface area contributed by atoms with Crippen LogP contribution in [0.5, 0.6) is 0 Å². The van der Waals surface area contributed by atoms with Gasteiger partial charge in [0, 0.05) is 56.6 Å². The van der Waals surface area contributed by atoms with Crippen LogP contribution in [0.4, 0.5) is 4.79 Å². The first-order valence-electron chi connectivity index (χ1n) is 14.2. The highest BCUT2D eigenvalue weighted by atomic mass is 16.6. The van der Waals surface area contributed by atoms with Crippen LogP contribution in [0, 0.1) is 0 Å². The predicted molar refractivity (Wildman–Crippen MR) is 156 cm³/mol. The Morgan fingerprint density at radius 2 is 1.67 bits per heavy atom. The van der Waals surface area contributed by atoms with Crippen LogP contribution < -0.4 is 5.32 Å². The summed E-state index contributed by atoms with van der Waals surface area (Å²) >= 11 is 0. The Labute approximate surface area is 250 Å². The smallest absolute Gasteiger partial charge is 0.409 e. The molecule has 1 aromatic carbocycles. The highest BCUT2D eigenvalue weighted by molar-refractivity contribution is 5.97. The molecule has 13 heteroatoms. The zero-order chi connectivity index (χ0) is 31.0. The Morgan fingerprint density at radius 3 is 2.30 bits per heavy atom. The number of esters is 1. The lowest BCUT2D eigenvalue weighted by Crippen LogP contribution is -2.56. The van der Waals surface area contributed by atoms with Gasteiger partial charge in [0.1, 0.15) is 17.3 Å². The average Bonchev–Trinajstić information content (AvgIpc) is 3.54. The first-order valence-corrected chi connectivity index (χ1v) is 14.2. The fraction of sp³-hybridized carbons (Fsp3) is 0.433. The van der Waals surface area contributed by atoms with Gasteiger partial charge in [0.2, 0.25) is 5.91 Å². The number of hydrogen-bond acceptors (Lipinski definition) is 9. The molecule has 1 aliphatic rings. The molecule has 4 rings (SSSR count). The maximum atomic E-state index is 13.7. The molecule has 0 radical (unpaired) electrons. The lowest BCUT2D eigenvalue weighted by atomic mass is 10.1. The summed E-state index contributed by atoms with van der Waals surface area (Å²) in [5.74, 6) is -0.784. The highest BCUT2D eigenvalue weighted by Gasteiger charge is 2.32. The van der Waals surface area contributed by atoms with Crippen molar-refractivity contribution in [3.63, 3.8) is 0 Å². The zero-order valence-electron chi connectivity index (χ0n) is 24.9. The van der Waals surface area contributed by atoms with E-state index in [1.165, 1.54) is 15.6 Å². The van der Waals surface area contributed by atoms with E-state index in [4.69, 9.17) is 9.47 Å². The van der Waals surface area contributed by atoms with Gasteiger partial charge in [-0.25, -0.2) is 19.4 Å². The summed E-state index contributed by atoms with van der Waals surface area (Å²) in [6, 6.07) is 11.4. The van der Waals surface area contributed by atoms with Crippen LogP contribution in [0.15, 0.2) is 54.9 Å². The van der Waals surface area contributed by atoms with Crippen molar-refractivity contribution in [2.75, 3.05) is 32.8 Å². The van der Waals surface area contributed by atoms with E-state index < -0.39 is 29.6 Å². The Balaban J connectivity index is 1.56. The molecule has 1 unspecified atom stereocenters. The van der Waals surface area contributed by atoms with Crippen molar-refractivity contribution in [3.05, 3.63) is 60.6 Å². The van der Waals surface area contributed by atoms with Crippen LogP contribution in [-0.2, 0) is 19.1 Å². The van der Waals surface area contributed by atoms with Crippen LogP contribution in [0.25, 0.3) is 17.2 Å². The molecule has 3 amide bonds. The van der Waals surface area contributed by atoms with Crippen molar-refractivity contribution in [3.8, 4) is 17.2 Å². The summed E-state index contributed by atoms with van der Waals surface area (Å²) in [6.07, 6.45) is 2.78. The third kappa shape index (κ3) is 8.60. The minimum absolute atomic E-state index is 0.0141. The monoisotopic (exact) mass is 591 g/mol. The van der Waals surface area contributed by atoms with E-state index in [1.807, 2.05) is 30.3 Å². The second-order valence-corrected chi connectivity index (χ2v) is 10.9. The average molecular weight is 592 g/mol. The minimum Gasteiger partial charge on any atom is -0.460 e. The number of piperazine rings is 1. The normalized spacial score (nSPS) is 14.1. The number of rotatable bonds is 9. The molecule has 0 aliphatic carbocycles. The van der Waals surface area contributed by atoms with Crippen LogP contribution in [-0.4, -0.2) is 97.9 Å². The molecule has 13 nitrogen and oxygen atoms in total. The predicted octanol–water partition coefficient (Wildman–Crippen LogP) is 2.85. The van der Waals surface area contributed by atoms with Gasteiger partial charge in [-0.05, 0) is 40.2 Å². The van der Waals surface area contributed by atoms with Gasteiger partial charge in [0.25, 0.3) is 5.91 Å². The van der Waals surface area contributed by atoms with E-state index in [0.717, 1.165) is 0 Å². The second kappa shape index (κ2) is 13.9. The molecule has 1 saturated heterocycles. The number of amides is 3. The first-order chi connectivity index (χ1) is 20.5. The molecule has 3 aromatic rings. The quantitative estimate of drug-likeness (QED) is 0.371. The van der Waals surface area contributed by atoms with E-state index in [1.54, 1.807) is 51.1 Å². The molecule has 0 saturated carbocycles. The number of nitrogens with one attached hydrogen (secondary N) is 1. The van der Waals surface area contributed by atoms with Crippen LogP contribution in [0.3, 0.4) is 0 Å². The van der Waals surface area contributed by atoms with E-state index >= 15 is 0 Å². The summed E-state index contributed by atoms with van der Waals surface area (Å²) in [6.45, 7) is 8.35. The molecular formula is C30H37N7O6. The molecule has 1 N–H and O–H groups in total. The summed E-state index contributed by atoms with van der Waals surface area (Å²) in [7, 11) is 0. The van der Waals surface area contributed by atoms with Crippen molar-refractivity contribution in [1.82, 2.24) is 34.9 Å². The van der Waals surface area contributed by atoms with E-state index in [-0.39, 0.29) is 57.2 Å². The van der Waals surface area contributed by atoms with Gasteiger partial charge in [0.05, 0.1) is 6.61 Å². The van der Waals surface area contributed by atoms with E-state index in [0.29, 0.717) is 17.2 Å². The molecule has 2 aromatic heterocycles. The van der Waals surface area contributed by atoms with E-state index in [2.05, 4.69) is 20.4 Å². The first kappa shape index (κ1) is 31.1. The third-order valence-electron chi connectivity index (χ3n) is 6.49. The van der Waals surface area contributed by atoms with Crippen molar-refractivity contribution < 1.29 is 28.7 Å². The lowest BCUT2D eigenvalue weighted by Gasteiger charge is -2.36. The van der Waals surface area contributed by atoms with E-state index in [9.17, 15) is 19.2 Å². The Morgan fingerprint density at radius 1 is 0.977 bits per heavy atom. The largest absolute Gasteiger partial charge is 0.460 e. The molecule has 1 atom stereocenters. The van der Waals surface area contributed by atoms with Crippen molar-refractivity contribution in [2.24, 2.45) is 0 Å². The van der Waals surface area contributed by atoms with Crippen LogP contribution in [0.1, 0.15) is 51.0 Å². The molecule has 0 bridgehead atoms. The standard InChI is InChI=1S/C30H37N7O6/c1-5-42-29(41)36-18-16-35(17-19-36)28(40)22(12-13-25(38)43-30(2,3)4)33-27(39)23-20-24(37-15-9-14-31-37)34-26(32-23)21-10-7-6-8-11-21/h6-11,14-15,20,22H,5,12-13,16-19H2,1-4H3,(H,33,39). The molecule has 1 fully saturated rings. The number of hydrogen-bond donors (Lipinski definition) is 1. The maximum Gasteiger partial charge on any atom is 0.409 e. The number of nitrogens with zero attached hydrogens (tertiary/aromatic N) is 6. The number of benzene rings is 1. The van der Waals surface area contributed by atoms with Gasteiger partial charge < -0.3 is 24.6 Å². The maximum absolute atomic E-state index is 13.7. The molecule has 0 spiro atoms. The number of aromatic nitrogens is 4. The Hall–Kier alpha value is -4.81. The molecule has 3 heterocycles. The van der Waals surface area contributed by atoms with Crippen molar-refractivity contribution >= 4 is 23.9 Å². The summed E-state index contributed by atoms with van der Waals surface area (Å²) in [5.41, 5.74) is 0.0326. The number of carbonyl (C=O) groups excluding carboxylic acids is 4. The fourth-order valence-electron chi connectivity index (χ4n) is 4.48. The molecule has 1 aliphatic heterocycles. The minimum atomic E-state index is -1.04. The SMILES string of the molecule is CCOC(=O)N1CCN(C(=O)C(CCC(=O)OC(C)(C)C)NC(=O)c2cc(-n3cccn3)nc(-c3ccccc3)n2)CC1. The van der Waals surface area contributed by atoms with Gasteiger partial charge in [-0.1, -0.05) is 30.3 Å².